The highest BCUT2D eigenvalue weighted by Crippen LogP contribution is 2.37. The molecule has 1 saturated heterocycles. The summed E-state index contributed by atoms with van der Waals surface area (Å²) in [5.41, 5.74) is 7.31. The molecule has 0 unspecified atom stereocenters. The van der Waals surface area contributed by atoms with Crippen LogP contribution in [0.15, 0.2) is 27.4 Å². The fourth-order valence-electron chi connectivity index (χ4n) is 2.47. The molecular formula is C16H19N3O3S2. The summed E-state index contributed by atoms with van der Waals surface area (Å²) in [6.45, 7) is 4.34. The van der Waals surface area contributed by atoms with Gasteiger partial charge in [0.25, 0.3) is 5.91 Å². The number of amides is 1. The van der Waals surface area contributed by atoms with Crippen molar-refractivity contribution >= 4 is 34.1 Å². The number of hydrogen-bond donors (Lipinski definition) is 1. The lowest BCUT2D eigenvalue weighted by atomic mass is 10.1. The number of thiazole rings is 1. The molecule has 6 nitrogen and oxygen atoms in total. The van der Waals surface area contributed by atoms with Gasteiger partial charge in [-0.3, -0.25) is 4.79 Å². The second-order valence-corrected chi connectivity index (χ2v) is 7.75. The van der Waals surface area contributed by atoms with Crippen molar-refractivity contribution in [1.82, 2.24) is 9.88 Å². The van der Waals surface area contributed by atoms with Crippen LogP contribution in [0.2, 0.25) is 0 Å². The fraction of sp³-hybridized carbons (Fsp3) is 0.375. The minimum Gasteiger partial charge on any atom is -0.496 e. The first-order chi connectivity index (χ1) is 11.6. The van der Waals surface area contributed by atoms with Gasteiger partial charge in [-0.15, -0.1) is 0 Å². The fourth-order valence-corrected chi connectivity index (χ4v) is 4.30. The third-order valence-electron chi connectivity index (χ3n) is 3.74. The minimum atomic E-state index is -0.0270. The maximum atomic E-state index is 12.9. The normalized spacial score (nSPS) is 14.7. The van der Waals surface area contributed by atoms with Crippen LogP contribution in [0.3, 0.4) is 0 Å². The molecule has 1 aliphatic heterocycles. The Balaban J connectivity index is 1.91. The third-order valence-corrected chi connectivity index (χ3v) is 5.83. The summed E-state index contributed by atoms with van der Waals surface area (Å²) in [5, 5.41) is 0.535. The predicted octanol–water partition coefficient (Wildman–Crippen LogP) is 2.67. The SMILES string of the molecule is COc1cc(C)c(Sc2cnc(N)s2)cc1C(=O)N1CCOCC1. The summed E-state index contributed by atoms with van der Waals surface area (Å²) in [7, 11) is 1.58. The number of ether oxygens (including phenoxy) is 2. The Morgan fingerprint density at radius 3 is 2.79 bits per heavy atom. The highest BCUT2D eigenvalue weighted by atomic mass is 32.2. The number of nitrogens with zero attached hydrogens (tertiary/aromatic N) is 2. The second kappa shape index (κ2) is 7.42. The Hall–Kier alpha value is -1.77. The Morgan fingerprint density at radius 2 is 2.17 bits per heavy atom. The van der Waals surface area contributed by atoms with E-state index in [0.717, 1.165) is 14.7 Å². The van der Waals surface area contributed by atoms with E-state index in [0.29, 0.717) is 42.7 Å². The first kappa shape index (κ1) is 17.1. The molecule has 0 atom stereocenters. The van der Waals surface area contributed by atoms with Crippen LogP contribution in [-0.4, -0.2) is 49.2 Å². The molecule has 3 rings (SSSR count). The molecular weight excluding hydrogens is 346 g/mol. The van der Waals surface area contributed by atoms with Gasteiger partial charge in [0.2, 0.25) is 0 Å². The molecule has 2 aromatic rings. The molecule has 0 radical (unpaired) electrons. The maximum Gasteiger partial charge on any atom is 0.257 e. The number of carbonyl (C=O) groups excluding carboxylic acids is 1. The van der Waals surface area contributed by atoms with E-state index in [2.05, 4.69) is 4.98 Å². The number of methoxy groups -OCH3 is 1. The standard InChI is InChI=1S/C16H19N3O3S2/c1-10-7-12(21-2)11(15(20)19-3-5-22-6-4-19)8-13(10)23-14-9-18-16(17)24-14/h7-9H,3-6H2,1-2H3,(H2,17,18). The molecule has 1 fully saturated rings. The Morgan fingerprint density at radius 1 is 1.42 bits per heavy atom. The van der Waals surface area contributed by atoms with Gasteiger partial charge in [0, 0.05) is 18.0 Å². The summed E-state index contributed by atoms with van der Waals surface area (Å²) in [4.78, 5) is 19.7. The van der Waals surface area contributed by atoms with Gasteiger partial charge in [-0.2, -0.15) is 0 Å². The Labute approximate surface area is 149 Å². The van der Waals surface area contributed by atoms with Crippen molar-refractivity contribution in [3.05, 3.63) is 29.5 Å². The van der Waals surface area contributed by atoms with E-state index in [1.165, 1.54) is 11.3 Å². The van der Waals surface area contributed by atoms with Crippen LogP contribution >= 0.6 is 23.1 Å². The number of aromatic nitrogens is 1. The number of carbonyl (C=O) groups is 1. The number of rotatable bonds is 4. The number of hydrogen-bond acceptors (Lipinski definition) is 7. The quantitative estimate of drug-likeness (QED) is 0.897. The third kappa shape index (κ3) is 3.66. The summed E-state index contributed by atoms with van der Waals surface area (Å²) in [5.74, 6) is 0.568. The minimum absolute atomic E-state index is 0.0270. The molecule has 8 heteroatoms. The molecule has 1 amide bonds. The first-order valence-corrected chi connectivity index (χ1v) is 9.16. The highest BCUT2D eigenvalue weighted by Gasteiger charge is 2.23. The van der Waals surface area contributed by atoms with Gasteiger partial charge < -0.3 is 20.1 Å². The molecule has 128 valence electrons. The number of aryl methyl sites for hydroxylation is 1. The lowest BCUT2D eigenvalue weighted by Crippen LogP contribution is -2.40. The van der Waals surface area contributed by atoms with Crippen molar-refractivity contribution in [2.24, 2.45) is 0 Å². The van der Waals surface area contributed by atoms with Crippen LogP contribution in [-0.2, 0) is 4.74 Å². The van der Waals surface area contributed by atoms with Gasteiger partial charge in [0.1, 0.15) is 5.75 Å². The van der Waals surface area contributed by atoms with Crippen LogP contribution < -0.4 is 10.5 Å². The van der Waals surface area contributed by atoms with Gasteiger partial charge in [-0.05, 0) is 24.6 Å². The first-order valence-electron chi connectivity index (χ1n) is 7.53. The molecule has 0 aliphatic carbocycles. The zero-order valence-corrected chi connectivity index (χ0v) is 15.2. The highest BCUT2D eigenvalue weighted by molar-refractivity contribution is 8.01. The van der Waals surface area contributed by atoms with E-state index >= 15 is 0 Å². The smallest absolute Gasteiger partial charge is 0.257 e. The average Bonchev–Trinajstić information content (AvgIpc) is 3.01. The number of benzene rings is 1. The molecule has 2 heterocycles. The van der Waals surface area contributed by atoms with Crippen molar-refractivity contribution in [1.29, 1.82) is 0 Å². The van der Waals surface area contributed by atoms with E-state index < -0.39 is 0 Å². The van der Waals surface area contributed by atoms with Crippen molar-refractivity contribution in [2.75, 3.05) is 39.1 Å². The monoisotopic (exact) mass is 365 g/mol. The van der Waals surface area contributed by atoms with Gasteiger partial charge in [0.05, 0.1) is 36.3 Å². The maximum absolute atomic E-state index is 12.9. The van der Waals surface area contributed by atoms with E-state index in [9.17, 15) is 4.79 Å². The number of nitrogen functional groups attached to an aromatic ring is 1. The molecule has 1 aromatic heterocycles. The van der Waals surface area contributed by atoms with E-state index in [1.807, 2.05) is 19.1 Å². The van der Waals surface area contributed by atoms with Gasteiger partial charge in [0.15, 0.2) is 5.13 Å². The van der Waals surface area contributed by atoms with E-state index in [4.69, 9.17) is 15.2 Å². The van der Waals surface area contributed by atoms with Crippen LogP contribution in [0.4, 0.5) is 5.13 Å². The zero-order chi connectivity index (χ0) is 17.1. The van der Waals surface area contributed by atoms with Gasteiger partial charge >= 0.3 is 0 Å². The van der Waals surface area contributed by atoms with Gasteiger partial charge in [-0.25, -0.2) is 4.98 Å². The Bertz CT molecular complexity index is 742. The van der Waals surface area contributed by atoms with Crippen LogP contribution in [0.1, 0.15) is 15.9 Å². The van der Waals surface area contributed by atoms with Crippen molar-refractivity contribution in [3.63, 3.8) is 0 Å². The van der Waals surface area contributed by atoms with Gasteiger partial charge in [-0.1, -0.05) is 23.1 Å². The second-order valence-electron chi connectivity index (χ2n) is 5.34. The summed E-state index contributed by atoms with van der Waals surface area (Å²) >= 11 is 2.99. The van der Waals surface area contributed by atoms with Crippen molar-refractivity contribution < 1.29 is 14.3 Å². The van der Waals surface area contributed by atoms with Crippen LogP contribution in [0, 0.1) is 6.92 Å². The van der Waals surface area contributed by atoms with Crippen molar-refractivity contribution in [2.45, 2.75) is 16.0 Å². The topological polar surface area (TPSA) is 77.7 Å². The summed E-state index contributed by atoms with van der Waals surface area (Å²) < 4.78 is 11.7. The van der Waals surface area contributed by atoms with Crippen LogP contribution in [0.5, 0.6) is 5.75 Å². The molecule has 2 N–H and O–H groups in total. The lowest BCUT2D eigenvalue weighted by molar-refractivity contribution is 0.0300. The lowest BCUT2D eigenvalue weighted by Gasteiger charge is -2.27. The molecule has 0 saturated carbocycles. The van der Waals surface area contributed by atoms with E-state index in [-0.39, 0.29) is 5.91 Å². The number of anilines is 1. The number of nitrogens with two attached hydrogens (primary N) is 1. The zero-order valence-electron chi connectivity index (χ0n) is 13.6. The Kier molecular flexibility index (Phi) is 5.27. The molecule has 1 aromatic carbocycles. The molecule has 24 heavy (non-hydrogen) atoms. The molecule has 0 spiro atoms. The predicted molar refractivity (Wildman–Crippen MR) is 95.1 cm³/mol. The number of morpholine rings is 1. The largest absolute Gasteiger partial charge is 0.496 e. The average molecular weight is 365 g/mol. The molecule has 0 bridgehead atoms. The van der Waals surface area contributed by atoms with Crippen molar-refractivity contribution in [3.8, 4) is 5.75 Å². The molecule has 1 aliphatic rings. The summed E-state index contributed by atoms with van der Waals surface area (Å²) in [6, 6.07) is 3.80. The van der Waals surface area contributed by atoms with Crippen LogP contribution in [0.25, 0.3) is 0 Å². The van der Waals surface area contributed by atoms with E-state index in [1.54, 1.807) is 30.0 Å². The summed E-state index contributed by atoms with van der Waals surface area (Å²) in [6.07, 6.45) is 1.75.